The van der Waals surface area contributed by atoms with Gasteiger partial charge in [0.05, 0.1) is 19.6 Å². The molecule has 0 atom stereocenters. The van der Waals surface area contributed by atoms with E-state index in [9.17, 15) is 4.79 Å². The number of benzene rings is 3. The SMILES string of the molecule is COc1cc(OC)c2c(=O)c3cc(N4CCN(c5ccc(Cl)cc5)CC4)ccc3oc2c1. The number of hydrogen-bond acceptors (Lipinski definition) is 6. The lowest BCUT2D eigenvalue weighted by molar-refractivity contribution is 0.396. The lowest BCUT2D eigenvalue weighted by Crippen LogP contribution is -2.46. The Bertz CT molecular complexity index is 1340. The molecule has 0 saturated carbocycles. The van der Waals surface area contributed by atoms with Gasteiger partial charge < -0.3 is 23.7 Å². The van der Waals surface area contributed by atoms with Gasteiger partial charge in [0.15, 0.2) is 0 Å². The van der Waals surface area contributed by atoms with Gasteiger partial charge >= 0.3 is 0 Å². The van der Waals surface area contributed by atoms with E-state index in [1.807, 2.05) is 42.5 Å². The summed E-state index contributed by atoms with van der Waals surface area (Å²) in [5, 5.41) is 1.70. The summed E-state index contributed by atoms with van der Waals surface area (Å²) in [4.78, 5) is 18.0. The van der Waals surface area contributed by atoms with E-state index in [-0.39, 0.29) is 5.43 Å². The predicted molar refractivity (Wildman–Crippen MR) is 129 cm³/mol. The van der Waals surface area contributed by atoms with Crippen molar-refractivity contribution in [2.45, 2.75) is 0 Å². The molecule has 1 fully saturated rings. The first-order chi connectivity index (χ1) is 15.6. The molecule has 4 aromatic rings. The molecule has 6 nitrogen and oxygen atoms in total. The largest absolute Gasteiger partial charge is 0.496 e. The molecule has 2 heterocycles. The fourth-order valence-electron chi connectivity index (χ4n) is 4.26. The monoisotopic (exact) mass is 450 g/mol. The minimum Gasteiger partial charge on any atom is -0.496 e. The van der Waals surface area contributed by atoms with E-state index in [2.05, 4.69) is 9.80 Å². The molecule has 0 radical (unpaired) electrons. The molecule has 7 heteroatoms. The highest BCUT2D eigenvalue weighted by molar-refractivity contribution is 6.30. The second kappa shape index (κ2) is 8.28. The molecule has 0 bridgehead atoms. The first-order valence-electron chi connectivity index (χ1n) is 10.5. The van der Waals surface area contributed by atoms with Gasteiger partial charge in [-0.25, -0.2) is 0 Å². The Morgan fingerprint density at radius 2 is 1.47 bits per heavy atom. The molecular weight excluding hydrogens is 428 g/mol. The molecule has 1 aliphatic rings. The van der Waals surface area contributed by atoms with Crippen molar-refractivity contribution in [1.82, 2.24) is 0 Å². The summed E-state index contributed by atoms with van der Waals surface area (Å²) in [6.07, 6.45) is 0. The maximum absolute atomic E-state index is 13.3. The number of anilines is 2. The van der Waals surface area contributed by atoms with E-state index in [1.165, 1.54) is 12.8 Å². The van der Waals surface area contributed by atoms with Crippen molar-refractivity contribution in [1.29, 1.82) is 0 Å². The van der Waals surface area contributed by atoms with Crippen LogP contribution in [0.25, 0.3) is 21.9 Å². The Balaban J connectivity index is 1.47. The molecule has 0 unspecified atom stereocenters. The number of hydrogen-bond donors (Lipinski definition) is 0. The molecule has 164 valence electrons. The van der Waals surface area contributed by atoms with E-state index < -0.39 is 0 Å². The van der Waals surface area contributed by atoms with Crippen LogP contribution in [0.2, 0.25) is 5.02 Å². The molecular formula is C25H23ClN2O4. The third-order valence-electron chi connectivity index (χ3n) is 5.99. The molecule has 3 aromatic carbocycles. The third kappa shape index (κ3) is 3.60. The van der Waals surface area contributed by atoms with Crippen LogP contribution < -0.4 is 24.7 Å². The van der Waals surface area contributed by atoms with Crippen LogP contribution in [0.3, 0.4) is 0 Å². The number of methoxy groups -OCH3 is 2. The molecule has 1 saturated heterocycles. The molecule has 0 N–H and O–H groups in total. The van der Waals surface area contributed by atoms with Crippen LogP contribution >= 0.6 is 11.6 Å². The lowest BCUT2D eigenvalue weighted by atomic mass is 10.1. The number of nitrogens with zero attached hydrogens (tertiary/aromatic N) is 2. The van der Waals surface area contributed by atoms with E-state index in [0.717, 1.165) is 36.9 Å². The van der Waals surface area contributed by atoms with Crippen molar-refractivity contribution in [2.75, 3.05) is 50.2 Å². The third-order valence-corrected chi connectivity index (χ3v) is 6.24. The van der Waals surface area contributed by atoms with Crippen molar-refractivity contribution in [3.05, 3.63) is 69.8 Å². The summed E-state index contributed by atoms with van der Waals surface area (Å²) >= 11 is 6.01. The van der Waals surface area contributed by atoms with Gasteiger partial charge in [-0.05, 0) is 42.5 Å². The second-order valence-electron chi connectivity index (χ2n) is 7.76. The van der Waals surface area contributed by atoms with E-state index in [1.54, 1.807) is 19.2 Å². The summed E-state index contributed by atoms with van der Waals surface area (Å²) in [7, 11) is 3.10. The molecule has 32 heavy (non-hydrogen) atoms. The fraction of sp³-hybridized carbons (Fsp3) is 0.240. The Kier molecular flexibility index (Phi) is 5.31. The summed E-state index contributed by atoms with van der Waals surface area (Å²) in [5.41, 5.74) is 3.06. The second-order valence-corrected chi connectivity index (χ2v) is 8.20. The molecule has 0 aliphatic carbocycles. The van der Waals surface area contributed by atoms with Crippen LogP contribution in [0, 0.1) is 0 Å². The molecule has 5 rings (SSSR count). The highest BCUT2D eigenvalue weighted by Gasteiger charge is 2.20. The quantitative estimate of drug-likeness (QED) is 0.410. The summed E-state index contributed by atoms with van der Waals surface area (Å²) < 4.78 is 16.8. The fourth-order valence-corrected chi connectivity index (χ4v) is 4.38. The van der Waals surface area contributed by atoms with Crippen LogP contribution in [0.1, 0.15) is 0 Å². The molecule has 0 spiro atoms. The zero-order valence-electron chi connectivity index (χ0n) is 17.9. The number of piperazine rings is 1. The maximum Gasteiger partial charge on any atom is 0.204 e. The number of ether oxygens (including phenoxy) is 2. The number of fused-ring (bicyclic) bond motifs is 2. The van der Waals surface area contributed by atoms with Crippen molar-refractivity contribution in [3.8, 4) is 11.5 Å². The first kappa shape index (κ1) is 20.5. The zero-order chi connectivity index (χ0) is 22.2. The average Bonchev–Trinajstić information content (AvgIpc) is 2.84. The standard InChI is InChI=1S/C25H23ClN2O4/c1-30-19-14-22(31-2)24-23(15-19)32-21-8-7-18(13-20(21)25(24)29)28-11-9-27(10-12-28)17-5-3-16(26)4-6-17/h3-8,13-15H,9-12H2,1-2H3. The van der Waals surface area contributed by atoms with Crippen molar-refractivity contribution in [2.24, 2.45) is 0 Å². The minimum atomic E-state index is -0.109. The van der Waals surface area contributed by atoms with Gasteiger partial charge in [0, 0.05) is 54.7 Å². The van der Waals surface area contributed by atoms with Crippen LogP contribution in [0.5, 0.6) is 11.5 Å². The van der Waals surface area contributed by atoms with Gasteiger partial charge in [-0.15, -0.1) is 0 Å². The Hall–Kier alpha value is -3.38. The van der Waals surface area contributed by atoms with Gasteiger partial charge in [0.2, 0.25) is 5.43 Å². The van der Waals surface area contributed by atoms with Gasteiger partial charge in [0.1, 0.15) is 28.1 Å². The molecule has 1 aliphatic heterocycles. The normalized spacial score (nSPS) is 14.2. The lowest BCUT2D eigenvalue weighted by Gasteiger charge is -2.37. The van der Waals surface area contributed by atoms with E-state index >= 15 is 0 Å². The van der Waals surface area contributed by atoms with Gasteiger partial charge in [-0.3, -0.25) is 4.79 Å². The Morgan fingerprint density at radius 1 is 0.812 bits per heavy atom. The highest BCUT2D eigenvalue weighted by atomic mass is 35.5. The van der Waals surface area contributed by atoms with E-state index in [4.69, 9.17) is 25.5 Å². The average molecular weight is 451 g/mol. The molecule has 1 aromatic heterocycles. The Labute approximate surface area is 190 Å². The van der Waals surface area contributed by atoms with E-state index in [0.29, 0.717) is 33.4 Å². The van der Waals surface area contributed by atoms with Crippen LogP contribution in [0.15, 0.2) is 63.8 Å². The van der Waals surface area contributed by atoms with Gasteiger partial charge in [-0.1, -0.05) is 11.6 Å². The highest BCUT2D eigenvalue weighted by Crippen LogP contribution is 2.32. The topological polar surface area (TPSA) is 55.2 Å². The number of halogens is 1. The smallest absolute Gasteiger partial charge is 0.204 e. The van der Waals surface area contributed by atoms with Crippen LogP contribution in [-0.2, 0) is 0 Å². The summed E-state index contributed by atoms with van der Waals surface area (Å²) in [6, 6.07) is 17.1. The summed E-state index contributed by atoms with van der Waals surface area (Å²) in [6.45, 7) is 3.49. The zero-order valence-corrected chi connectivity index (χ0v) is 18.7. The first-order valence-corrected chi connectivity index (χ1v) is 10.8. The minimum absolute atomic E-state index is 0.109. The van der Waals surface area contributed by atoms with Crippen LogP contribution in [0.4, 0.5) is 11.4 Å². The number of rotatable bonds is 4. The van der Waals surface area contributed by atoms with Gasteiger partial charge in [0.25, 0.3) is 0 Å². The molecule has 0 amide bonds. The van der Waals surface area contributed by atoms with Crippen LogP contribution in [-0.4, -0.2) is 40.4 Å². The van der Waals surface area contributed by atoms with Crippen molar-refractivity contribution in [3.63, 3.8) is 0 Å². The van der Waals surface area contributed by atoms with Crippen molar-refractivity contribution >= 4 is 44.9 Å². The maximum atomic E-state index is 13.3. The van der Waals surface area contributed by atoms with Crippen molar-refractivity contribution < 1.29 is 13.9 Å². The predicted octanol–water partition coefficient (Wildman–Crippen LogP) is 4.94. The van der Waals surface area contributed by atoms with Gasteiger partial charge in [-0.2, -0.15) is 0 Å². The Morgan fingerprint density at radius 3 is 2.12 bits per heavy atom. The summed E-state index contributed by atoms with van der Waals surface area (Å²) in [5.74, 6) is 1.02.